The van der Waals surface area contributed by atoms with Crippen molar-refractivity contribution in [1.82, 2.24) is 4.98 Å². The molecule has 0 aromatic carbocycles. The monoisotopic (exact) mass is 400 g/mol. The number of hydrogen-bond donors (Lipinski definition) is 0. The summed E-state index contributed by atoms with van der Waals surface area (Å²) in [5.41, 5.74) is -0.998. The number of nitrogens with zero attached hydrogens (tertiary/aromatic N) is 2. The van der Waals surface area contributed by atoms with E-state index in [2.05, 4.69) is 36.8 Å². The molecule has 2 rings (SSSR count). The van der Waals surface area contributed by atoms with Gasteiger partial charge in [0.15, 0.2) is 0 Å². The lowest BCUT2D eigenvalue weighted by atomic mass is 9.88. The average molecular weight is 402 g/mol. The highest BCUT2D eigenvalue weighted by Crippen LogP contribution is 2.47. The number of hydrogen-bond acceptors (Lipinski definition) is 2. The summed E-state index contributed by atoms with van der Waals surface area (Å²) < 4.78 is 40.6. The molecular formula is C12H13Br2F3N2. The lowest BCUT2D eigenvalue weighted by Crippen LogP contribution is -2.47. The first-order chi connectivity index (χ1) is 8.64. The SMILES string of the molecule is CC1(C)C(C(F)(F)F)CCN1c1ncc(Br)cc1Br. The van der Waals surface area contributed by atoms with Gasteiger partial charge < -0.3 is 4.90 Å². The minimum Gasteiger partial charge on any atom is -0.350 e. The first kappa shape index (κ1) is 15.1. The normalized spacial score (nSPS) is 22.9. The van der Waals surface area contributed by atoms with Crippen molar-refractivity contribution in [2.75, 3.05) is 11.4 Å². The summed E-state index contributed by atoms with van der Waals surface area (Å²) >= 11 is 6.65. The number of alkyl halides is 3. The summed E-state index contributed by atoms with van der Waals surface area (Å²) in [7, 11) is 0. The van der Waals surface area contributed by atoms with Gasteiger partial charge in [-0.25, -0.2) is 4.98 Å². The van der Waals surface area contributed by atoms with Crippen molar-refractivity contribution < 1.29 is 13.2 Å². The van der Waals surface area contributed by atoms with E-state index in [1.165, 1.54) is 0 Å². The van der Waals surface area contributed by atoms with Gasteiger partial charge in [0.25, 0.3) is 0 Å². The molecule has 19 heavy (non-hydrogen) atoms. The van der Waals surface area contributed by atoms with Gasteiger partial charge in [-0.05, 0) is 58.2 Å². The molecule has 0 amide bonds. The minimum absolute atomic E-state index is 0.0979. The topological polar surface area (TPSA) is 16.1 Å². The Morgan fingerprint density at radius 2 is 2.00 bits per heavy atom. The largest absolute Gasteiger partial charge is 0.394 e. The average Bonchev–Trinajstić information content (AvgIpc) is 2.53. The van der Waals surface area contributed by atoms with Crippen LogP contribution in [-0.4, -0.2) is 23.2 Å². The second kappa shape index (κ2) is 4.91. The molecule has 1 aromatic rings. The molecule has 1 saturated heterocycles. The van der Waals surface area contributed by atoms with E-state index in [4.69, 9.17) is 0 Å². The van der Waals surface area contributed by atoms with E-state index in [9.17, 15) is 13.2 Å². The molecule has 0 bridgehead atoms. The molecule has 0 N–H and O–H groups in total. The number of anilines is 1. The molecule has 0 saturated carbocycles. The molecule has 1 unspecified atom stereocenters. The highest BCUT2D eigenvalue weighted by Gasteiger charge is 2.55. The fraction of sp³-hybridized carbons (Fsp3) is 0.583. The molecule has 2 heterocycles. The quantitative estimate of drug-likeness (QED) is 0.673. The fourth-order valence-electron chi connectivity index (χ4n) is 2.64. The van der Waals surface area contributed by atoms with Crippen LogP contribution in [0, 0.1) is 5.92 Å². The van der Waals surface area contributed by atoms with Gasteiger partial charge in [-0.3, -0.25) is 0 Å². The summed E-state index contributed by atoms with van der Waals surface area (Å²) in [6.45, 7) is 3.59. The van der Waals surface area contributed by atoms with Crippen LogP contribution in [0.15, 0.2) is 21.2 Å². The lowest BCUT2D eigenvalue weighted by Gasteiger charge is -2.37. The van der Waals surface area contributed by atoms with Gasteiger partial charge in [0.1, 0.15) is 5.82 Å². The Bertz CT molecular complexity index is 488. The van der Waals surface area contributed by atoms with Crippen LogP contribution in [0.3, 0.4) is 0 Å². The highest BCUT2D eigenvalue weighted by atomic mass is 79.9. The van der Waals surface area contributed by atoms with Crippen molar-refractivity contribution in [1.29, 1.82) is 0 Å². The predicted octanol–water partition coefficient (Wildman–Crippen LogP) is 4.77. The van der Waals surface area contributed by atoms with Crippen LogP contribution in [0.2, 0.25) is 0 Å². The first-order valence-electron chi connectivity index (χ1n) is 5.79. The first-order valence-corrected chi connectivity index (χ1v) is 7.38. The molecule has 106 valence electrons. The maximum atomic E-state index is 13.0. The van der Waals surface area contributed by atoms with Crippen molar-refractivity contribution in [3.05, 3.63) is 21.2 Å². The maximum absolute atomic E-state index is 13.0. The van der Waals surface area contributed by atoms with Gasteiger partial charge in [-0.2, -0.15) is 13.2 Å². The van der Waals surface area contributed by atoms with Crippen LogP contribution in [-0.2, 0) is 0 Å². The Morgan fingerprint density at radius 1 is 1.37 bits per heavy atom. The minimum atomic E-state index is -4.18. The molecule has 7 heteroatoms. The van der Waals surface area contributed by atoms with E-state index in [0.717, 1.165) is 4.47 Å². The Hall–Kier alpha value is -0.300. The smallest absolute Gasteiger partial charge is 0.350 e. The van der Waals surface area contributed by atoms with E-state index in [1.807, 2.05) is 0 Å². The van der Waals surface area contributed by atoms with Gasteiger partial charge >= 0.3 is 6.18 Å². The summed E-state index contributed by atoms with van der Waals surface area (Å²) in [6.07, 6.45) is -2.49. The number of halogens is 5. The molecule has 1 aliphatic rings. The van der Waals surface area contributed by atoms with Crippen LogP contribution in [0.25, 0.3) is 0 Å². The van der Waals surface area contributed by atoms with Crippen molar-refractivity contribution in [2.45, 2.75) is 32.0 Å². The van der Waals surface area contributed by atoms with Crippen molar-refractivity contribution in [3.63, 3.8) is 0 Å². The molecule has 0 spiro atoms. The second-order valence-electron chi connectivity index (χ2n) is 5.15. The molecule has 1 atom stereocenters. The zero-order valence-corrected chi connectivity index (χ0v) is 13.6. The maximum Gasteiger partial charge on any atom is 0.394 e. The fourth-order valence-corrected chi connectivity index (χ4v) is 3.84. The number of pyridine rings is 1. The van der Waals surface area contributed by atoms with Crippen LogP contribution in [0.1, 0.15) is 20.3 Å². The molecule has 1 aliphatic heterocycles. The van der Waals surface area contributed by atoms with Gasteiger partial charge in [0.2, 0.25) is 0 Å². The van der Waals surface area contributed by atoms with Crippen LogP contribution in [0.4, 0.5) is 19.0 Å². The Kier molecular flexibility index (Phi) is 3.90. The molecule has 1 fully saturated rings. The Labute approximate surface area is 126 Å². The molecule has 1 aromatic heterocycles. The van der Waals surface area contributed by atoms with Gasteiger partial charge in [-0.15, -0.1) is 0 Å². The van der Waals surface area contributed by atoms with Crippen LogP contribution < -0.4 is 4.90 Å². The van der Waals surface area contributed by atoms with Gasteiger partial charge in [-0.1, -0.05) is 0 Å². The zero-order chi connectivity index (χ0) is 14.4. The van der Waals surface area contributed by atoms with Crippen LogP contribution >= 0.6 is 31.9 Å². The zero-order valence-electron chi connectivity index (χ0n) is 10.4. The predicted molar refractivity (Wildman–Crippen MR) is 75.2 cm³/mol. The summed E-state index contributed by atoms with van der Waals surface area (Å²) in [5.74, 6) is -0.780. The van der Waals surface area contributed by atoms with Crippen molar-refractivity contribution in [2.24, 2.45) is 5.92 Å². The van der Waals surface area contributed by atoms with Crippen molar-refractivity contribution >= 4 is 37.7 Å². The van der Waals surface area contributed by atoms with E-state index in [-0.39, 0.29) is 6.42 Å². The molecule has 0 aliphatic carbocycles. The summed E-state index contributed by atoms with van der Waals surface area (Å²) in [6, 6.07) is 1.79. The highest BCUT2D eigenvalue weighted by molar-refractivity contribution is 9.11. The third kappa shape index (κ3) is 2.77. The standard InChI is InChI=1S/C12H13Br2F3N2/c1-11(2)9(12(15,16)17)3-4-19(11)10-8(14)5-7(13)6-18-10/h5-6,9H,3-4H2,1-2H3. The Balaban J connectivity index is 2.37. The number of rotatable bonds is 1. The van der Waals surface area contributed by atoms with Gasteiger partial charge in [0, 0.05) is 22.8 Å². The molecule has 2 nitrogen and oxygen atoms in total. The third-order valence-electron chi connectivity index (χ3n) is 3.63. The van der Waals surface area contributed by atoms with Crippen LogP contribution in [0.5, 0.6) is 0 Å². The summed E-state index contributed by atoms with van der Waals surface area (Å²) in [4.78, 5) is 5.96. The third-order valence-corrected chi connectivity index (χ3v) is 4.65. The van der Waals surface area contributed by atoms with Crippen molar-refractivity contribution in [3.8, 4) is 0 Å². The second-order valence-corrected chi connectivity index (χ2v) is 6.92. The molecular weight excluding hydrogens is 389 g/mol. The van der Waals surface area contributed by atoms with E-state index in [1.54, 1.807) is 31.0 Å². The Morgan fingerprint density at radius 3 is 2.47 bits per heavy atom. The van der Waals surface area contributed by atoms with E-state index in [0.29, 0.717) is 16.8 Å². The number of aromatic nitrogens is 1. The van der Waals surface area contributed by atoms with E-state index < -0.39 is 17.6 Å². The van der Waals surface area contributed by atoms with E-state index >= 15 is 0 Å². The summed E-state index contributed by atoms with van der Waals surface area (Å²) in [5, 5.41) is 0. The molecule has 0 radical (unpaired) electrons. The van der Waals surface area contributed by atoms with Gasteiger partial charge in [0.05, 0.1) is 10.4 Å². The lowest BCUT2D eigenvalue weighted by molar-refractivity contribution is -0.183.